The van der Waals surface area contributed by atoms with Gasteiger partial charge in [0.2, 0.25) is 5.91 Å². The molecule has 6 heteroatoms. The van der Waals surface area contributed by atoms with Gasteiger partial charge < -0.3 is 10.4 Å². The van der Waals surface area contributed by atoms with Crippen molar-refractivity contribution in [1.29, 1.82) is 0 Å². The predicted molar refractivity (Wildman–Crippen MR) is 69.8 cm³/mol. The Hall–Kier alpha value is -1.43. The molecule has 100 valence electrons. The monoisotopic (exact) mass is 270 g/mol. The maximum absolute atomic E-state index is 11.6. The highest BCUT2D eigenvalue weighted by Gasteiger charge is 2.19. The second-order valence-corrected chi connectivity index (χ2v) is 5.69. The third-order valence-corrected chi connectivity index (χ3v) is 3.68. The highest BCUT2D eigenvalue weighted by Crippen LogP contribution is 2.23. The van der Waals surface area contributed by atoms with Crippen molar-refractivity contribution < 1.29 is 14.7 Å². The molecule has 1 aromatic heterocycles. The lowest BCUT2D eigenvalue weighted by molar-refractivity contribution is -0.122. The zero-order valence-corrected chi connectivity index (χ0v) is 11.8. The average Bonchev–Trinajstić information content (AvgIpc) is 2.58. The number of aromatic carboxylic acids is 1. The Labute approximate surface area is 110 Å². The fraction of sp³-hybridized carbons (Fsp3) is 0.583. The molecule has 2 N–H and O–H groups in total. The summed E-state index contributed by atoms with van der Waals surface area (Å²) in [6, 6.07) is -0.256. The van der Waals surface area contributed by atoms with E-state index in [1.165, 1.54) is 0 Å². The van der Waals surface area contributed by atoms with Crippen molar-refractivity contribution in [2.24, 2.45) is 5.92 Å². The Morgan fingerprint density at radius 1 is 1.39 bits per heavy atom. The number of amides is 1. The molecule has 1 unspecified atom stereocenters. The normalized spacial score (nSPS) is 12.5. The van der Waals surface area contributed by atoms with Crippen LogP contribution in [0, 0.1) is 12.8 Å². The zero-order chi connectivity index (χ0) is 13.9. The van der Waals surface area contributed by atoms with Crippen LogP contribution >= 0.6 is 11.3 Å². The molecule has 0 saturated heterocycles. The summed E-state index contributed by atoms with van der Waals surface area (Å²) in [4.78, 5) is 26.9. The van der Waals surface area contributed by atoms with Crippen LogP contribution in [0.25, 0.3) is 0 Å². The van der Waals surface area contributed by atoms with Crippen molar-refractivity contribution in [3.05, 3.63) is 15.6 Å². The van der Waals surface area contributed by atoms with Gasteiger partial charge in [-0.25, -0.2) is 9.78 Å². The van der Waals surface area contributed by atoms with Gasteiger partial charge in [0, 0.05) is 6.42 Å². The van der Waals surface area contributed by atoms with Crippen LogP contribution in [0.1, 0.15) is 53.6 Å². The molecule has 0 aromatic carbocycles. The number of aromatic nitrogens is 1. The van der Waals surface area contributed by atoms with Crippen molar-refractivity contribution in [3.8, 4) is 0 Å². The van der Waals surface area contributed by atoms with Crippen molar-refractivity contribution in [2.75, 3.05) is 0 Å². The molecule has 0 fully saturated rings. The molecule has 0 aliphatic rings. The van der Waals surface area contributed by atoms with Gasteiger partial charge in [-0.3, -0.25) is 4.79 Å². The third-order valence-electron chi connectivity index (χ3n) is 2.35. The lowest BCUT2D eigenvalue weighted by Gasteiger charge is -2.12. The topological polar surface area (TPSA) is 79.3 Å². The van der Waals surface area contributed by atoms with Crippen molar-refractivity contribution in [2.45, 2.75) is 40.2 Å². The average molecular weight is 270 g/mol. The first-order chi connectivity index (χ1) is 8.31. The van der Waals surface area contributed by atoms with Crippen LogP contribution in [0.4, 0.5) is 0 Å². The predicted octanol–water partition coefficient (Wildman–Crippen LogP) is 2.37. The van der Waals surface area contributed by atoms with Crippen LogP contribution in [0.2, 0.25) is 0 Å². The first-order valence-corrected chi connectivity index (χ1v) is 6.63. The zero-order valence-electron chi connectivity index (χ0n) is 11.0. The number of thiazole rings is 1. The highest BCUT2D eigenvalue weighted by atomic mass is 32.1. The molecule has 0 saturated carbocycles. The summed E-state index contributed by atoms with van der Waals surface area (Å²) >= 11 is 1.11. The van der Waals surface area contributed by atoms with Gasteiger partial charge in [-0.05, 0) is 19.8 Å². The summed E-state index contributed by atoms with van der Waals surface area (Å²) < 4.78 is 0. The Bertz CT molecular complexity index is 454. The molecular formula is C12H18N2O3S. The van der Waals surface area contributed by atoms with Crippen LogP contribution in [0.15, 0.2) is 0 Å². The second-order valence-electron chi connectivity index (χ2n) is 4.66. The number of nitrogens with one attached hydrogen (secondary N) is 1. The Balaban J connectivity index is 2.73. The van der Waals surface area contributed by atoms with E-state index in [9.17, 15) is 9.59 Å². The van der Waals surface area contributed by atoms with Gasteiger partial charge in [-0.2, -0.15) is 0 Å². The molecular weight excluding hydrogens is 252 g/mol. The molecule has 0 aliphatic carbocycles. The SMILES string of the molecule is Cc1nc(C(C)NC(=O)CC(C)C)sc1C(=O)O. The van der Waals surface area contributed by atoms with Gasteiger partial charge in [-0.1, -0.05) is 13.8 Å². The summed E-state index contributed by atoms with van der Waals surface area (Å²) in [6.45, 7) is 7.41. The van der Waals surface area contributed by atoms with E-state index in [2.05, 4.69) is 10.3 Å². The van der Waals surface area contributed by atoms with Crippen LogP contribution in [-0.4, -0.2) is 22.0 Å². The second kappa shape index (κ2) is 5.95. The summed E-state index contributed by atoms with van der Waals surface area (Å²) in [5.41, 5.74) is 0.493. The molecule has 0 bridgehead atoms. The van der Waals surface area contributed by atoms with Gasteiger partial charge in [0.1, 0.15) is 9.88 Å². The van der Waals surface area contributed by atoms with Gasteiger partial charge >= 0.3 is 5.97 Å². The first-order valence-electron chi connectivity index (χ1n) is 5.81. The van der Waals surface area contributed by atoms with Crippen LogP contribution in [-0.2, 0) is 4.79 Å². The highest BCUT2D eigenvalue weighted by molar-refractivity contribution is 7.13. The third kappa shape index (κ3) is 3.80. The number of rotatable bonds is 5. The van der Waals surface area contributed by atoms with Crippen molar-refractivity contribution in [3.63, 3.8) is 0 Å². The molecule has 0 aliphatic heterocycles. The van der Waals surface area contributed by atoms with E-state index in [-0.39, 0.29) is 16.8 Å². The summed E-state index contributed by atoms with van der Waals surface area (Å²) in [5, 5.41) is 12.4. The number of carboxylic acids is 1. The minimum absolute atomic E-state index is 0.0396. The molecule has 1 atom stereocenters. The summed E-state index contributed by atoms with van der Waals surface area (Å²) in [7, 11) is 0. The molecule has 5 nitrogen and oxygen atoms in total. The van der Waals surface area contributed by atoms with E-state index in [4.69, 9.17) is 5.11 Å². The van der Waals surface area contributed by atoms with Gasteiger partial charge in [0.15, 0.2) is 0 Å². The Morgan fingerprint density at radius 2 is 2.00 bits per heavy atom. The molecule has 1 amide bonds. The van der Waals surface area contributed by atoms with E-state index >= 15 is 0 Å². The minimum atomic E-state index is -0.975. The van der Waals surface area contributed by atoms with Gasteiger partial charge in [-0.15, -0.1) is 11.3 Å². The van der Waals surface area contributed by atoms with Crippen LogP contribution < -0.4 is 5.32 Å². The van der Waals surface area contributed by atoms with Crippen LogP contribution in [0.5, 0.6) is 0 Å². The fourth-order valence-corrected chi connectivity index (χ4v) is 2.44. The van der Waals surface area contributed by atoms with Crippen LogP contribution in [0.3, 0.4) is 0 Å². The smallest absolute Gasteiger partial charge is 0.347 e. The largest absolute Gasteiger partial charge is 0.477 e. The van der Waals surface area contributed by atoms with E-state index in [1.807, 2.05) is 20.8 Å². The number of carboxylic acid groups (broad SMARTS) is 1. The lowest BCUT2D eigenvalue weighted by atomic mass is 10.1. The van der Waals surface area contributed by atoms with Gasteiger partial charge in [0.25, 0.3) is 0 Å². The first kappa shape index (κ1) is 14.6. The molecule has 18 heavy (non-hydrogen) atoms. The Kier molecular flexibility index (Phi) is 4.84. The minimum Gasteiger partial charge on any atom is -0.477 e. The maximum atomic E-state index is 11.6. The number of hydrogen-bond donors (Lipinski definition) is 2. The van der Waals surface area contributed by atoms with E-state index < -0.39 is 5.97 Å². The van der Waals surface area contributed by atoms with E-state index in [0.717, 1.165) is 11.3 Å². The van der Waals surface area contributed by atoms with E-state index in [0.29, 0.717) is 23.0 Å². The van der Waals surface area contributed by atoms with E-state index in [1.54, 1.807) is 6.92 Å². The quantitative estimate of drug-likeness (QED) is 0.861. The molecule has 0 radical (unpaired) electrons. The standard InChI is InChI=1S/C12H18N2O3S/c1-6(2)5-9(15)13-8(4)11-14-7(3)10(18-11)12(16)17/h6,8H,5H2,1-4H3,(H,13,15)(H,16,17). The number of nitrogens with zero attached hydrogens (tertiary/aromatic N) is 1. The molecule has 1 aromatic rings. The maximum Gasteiger partial charge on any atom is 0.347 e. The van der Waals surface area contributed by atoms with Crippen molar-refractivity contribution >= 4 is 23.2 Å². The summed E-state index contributed by atoms with van der Waals surface area (Å²) in [6.07, 6.45) is 0.459. The van der Waals surface area contributed by atoms with Crippen molar-refractivity contribution in [1.82, 2.24) is 10.3 Å². The molecule has 1 heterocycles. The number of carbonyl (C=O) groups excluding carboxylic acids is 1. The van der Waals surface area contributed by atoms with Gasteiger partial charge in [0.05, 0.1) is 11.7 Å². The number of aryl methyl sites for hydroxylation is 1. The molecule has 1 rings (SSSR count). The number of hydrogen-bond acceptors (Lipinski definition) is 4. The Morgan fingerprint density at radius 3 is 2.44 bits per heavy atom. The lowest BCUT2D eigenvalue weighted by Crippen LogP contribution is -2.27. The molecule has 0 spiro atoms. The number of carbonyl (C=O) groups is 2. The fourth-order valence-electron chi connectivity index (χ4n) is 1.53. The summed E-state index contributed by atoms with van der Waals surface area (Å²) in [5.74, 6) is -0.719.